The maximum atomic E-state index is 5.56. The van der Waals surface area contributed by atoms with Crippen LogP contribution in [0.5, 0.6) is 0 Å². The Morgan fingerprint density at radius 2 is 1.14 bits per heavy atom. The maximum absolute atomic E-state index is 5.56. The van der Waals surface area contributed by atoms with Crippen LogP contribution < -0.4 is 0 Å². The van der Waals surface area contributed by atoms with Gasteiger partial charge in [-0.3, -0.25) is 0 Å². The first-order valence-corrected chi connectivity index (χ1v) is 9.73. The average molecular weight is 313 g/mol. The fraction of sp³-hybridized carbons (Fsp3) is 0.900. The van der Waals surface area contributed by atoms with Gasteiger partial charge < -0.3 is 9.47 Å². The molecule has 0 atom stereocenters. The molecular weight excluding hydrogens is 272 g/mol. The van der Waals surface area contributed by atoms with Crippen LogP contribution >= 0.6 is 0 Å². The van der Waals surface area contributed by atoms with Crippen molar-refractivity contribution >= 4 is 0 Å². The van der Waals surface area contributed by atoms with Crippen LogP contribution in [0.4, 0.5) is 0 Å². The zero-order chi connectivity index (χ0) is 16.3. The van der Waals surface area contributed by atoms with Crippen LogP contribution in [0, 0.1) is 0 Å². The molecule has 0 saturated carbocycles. The van der Waals surface area contributed by atoms with Gasteiger partial charge in [0.15, 0.2) is 6.29 Å². The summed E-state index contributed by atoms with van der Waals surface area (Å²) in [6, 6.07) is 0. The van der Waals surface area contributed by atoms with Crippen LogP contribution in [-0.2, 0) is 9.47 Å². The van der Waals surface area contributed by atoms with Gasteiger partial charge in [-0.25, -0.2) is 0 Å². The molecule has 132 valence electrons. The molecule has 0 rings (SSSR count). The summed E-state index contributed by atoms with van der Waals surface area (Å²) in [5.74, 6) is 0. The molecule has 22 heavy (non-hydrogen) atoms. The van der Waals surface area contributed by atoms with Gasteiger partial charge in [0.25, 0.3) is 0 Å². The number of hydrogen-bond donors (Lipinski definition) is 0. The first-order valence-electron chi connectivity index (χ1n) is 9.73. The number of rotatable bonds is 17. The van der Waals surface area contributed by atoms with Crippen molar-refractivity contribution < 1.29 is 9.47 Å². The monoisotopic (exact) mass is 312 g/mol. The van der Waals surface area contributed by atoms with Crippen LogP contribution in [-0.4, -0.2) is 19.5 Å². The molecule has 2 heteroatoms. The second-order valence-corrected chi connectivity index (χ2v) is 6.01. The lowest BCUT2D eigenvalue weighted by Crippen LogP contribution is -2.17. The summed E-state index contributed by atoms with van der Waals surface area (Å²) < 4.78 is 11.1. The van der Waals surface area contributed by atoms with Crippen molar-refractivity contribution in [1.82, 2.24) is 0 Å². The Morgan fingerprint density at radius 1 is 0.636 bits per heavy atom. The smallest absolute Gasteiger partial charge is 0.157 e. The van der Waals surface area contributed by atoms with Crippen LogP contribution in [0.15, 0.2) is 12.2 Å². The molecule has 0 aromatic carbocycles. The fourth-order valence-corrected chi connectivity index (χ4v) is 2.61. The van der Waals surface area contributed by atoms with Gasteiger partial charge in [-0.05, 0) is 52.4 Å². The molecule has 0 radical (unpaired) electrons. The van der Waals surface area contributed by atoms with Gasteiger partial charge in [-0.2, -0.15) is 0 Å². The lowest BCUT2D eigenvalue weighted by Gasteiger charge is -2.16. The molecule has 0 aliphatic rings. The van der Waals surface area contributed by atoms with Gasteiger partial charge in [0.2, 0.25) is 0 Å². The third kappa shape index (κ3) is 16.0. The highest BCUT2D eigenvalue weighted by molar-refractivity contribution is 4.81. The fourth-order valence-electron chi connectivity index (χ4n) is 2.61. The van der Waals surface area contributed by atoms with E-state index in [0.717, 1.165) is 19.6 Å². The minimum absolute atomic E-state index is 0.0191. The molecule has 0 bridgehead atoms. The number of allylic oxidation sites excluding steroid dienone is 2. The van der Waals surface area contributed by atoms with Crippen molar-refractivity contribution in [3.05, 3.63) is 12.2 Å². The molecule has 0 heterocycles. The van der Waals surface area contributed by atoms with Crippen molar-refractivity contribution in [3.63, 3.8) is 0 Å². The summed E-state index contributed by atoms with van der Waals surface area (Å²) in [6.45, 7) is 7.82. The molecule has 0 saturated heterocycles. The van der Waals surface area contributed by atoms with Crippen molar-refractivity contribution in [2.75, 3.05) is 13.2 Å². The predicted molar refractivity (Wildman–Crippen MR) is 97.3 cm³/mol. The van der Waals surface area contributed by atoms with Gasteiger partial charge in [0.1, 0.15) is 0 Å². The first-order chi connectivity index (χ1) is 10.8. The summed E-state index contributed by atoms with van der Waals surface area (Å²) >= 11 is 0. The lowest BCUT2D eigenvalue weighted by atomic mass is 10.1. The number of unbranched alkanes of at least 4 members (excludes halogenated alkanes) is 9. The summed E-state index contributed by atoms with van der Waals surface area (Å²) in [7, 11) is 0. The Kier molecular flexibility index (Phi) is 18.4. The molecule has 0 aliphatic heterocycles. The number of ether oxygens (including phenoxy) is 2. The highest BCUT2D eigenvalue weighted by atomic mass is 16.7. The van der Waals surface area contributed by atoms with Crippen molar-refractivity contribution in [1.29, 1.82) is 0 Å². The molecule has 0 N–H and O–H groups in total. The minimum atomic E-state index is 0.0191. The molecule has 0 amide bonds. The molecule has 0 unspecified atom stereocenters. The Balaban J connectivity index is 3.26. The Bertz CT molecular complexity index is 220. The molecule has 2 nitrogen and oxygen atoms in total. The Labute approximate surface area is 139 Å². The molecule has 0 aliphatic carbocycles. The van der Waals surface area contributed by atoms with E-state index in [0.29, 0.717) is 0 Å². The summed E-state index contributed by atoms with van der Waals surface area (Å²) in [5, 5.41) is 0. The molecular formula is C20H40O2. The quantitative estimate of drug-likeness (QED) is 0.170. The predicted octanol–water partition coefficient (Wildman–Crippen LogP) is 6.64. The van der Waals surface area contributed by atoms with E-state index >= 15 is 0 Å². The minimum Gasteiger partial charge on any atom is -0.353 e. The van der Waals surface area contributed by atoms with E-state index in [9.17, 15) is 0 Å². The van der Waals surface area contributed by atoms with Crippen molar-refractivity contribution in [2.45, 2.75) is 104 Å². The maximum Gasteiger partial charge on any atom is 0.157 e. The van der Waals surface area contributed by atoms with Crippen LogP contribution in [0.3, 0.4) is 0 Å². The van der Waals surface area contributed by atoms with E-state index in [1.165, 1.54) is 70.6 Å². The van der Waals surface area contributed by atoms with Gasteiger partial charge >= 0.3 is 0 Å². The molecule has 0 fully saturated rings. The first kappa shape index (κ1) is 21.7. The van der Waals surface area contributed by atoms with E-state index in [1.54, 1.807) is 0 Å². The van der Waals surface area contributed by atoms with Crippen molar-refractivity contribution in [3.8, 4) is 0 Å². The molecule has 0 aromatic heterocycles. The standard InChI is InChI=1S/C20H40O2/c1-4-7-8-9-10-11-12-13-14-15-16-17-18-19-20(21-5-2)22-6-3/h11-12,20H,4-10,13-19H2,1-3H3/b12-11+. The lowest BCUT2D eigenvalue weighted by molar-refractivity contribution is -0.140. The second kappa shape index (κ2) is 18.7. The van der Waals surface area contributed by atoms with E-state index in [-0.39, 0.29) is 6.29 Å². The van der Waals surface area contributed by atoms with Gasteiger partial charge in [-0.1, -0.05) is 57.6 Å². The third-order valence-electron chi connectivity index (χ3n) is 3.91. The highest BCUT2D eigenvalue weighted by Gasteiger charge is 2.06. The van der Waals surface area contributed by atoms with Gasteiger partial charge in [-0.15, -0.1) is 0 Å². The third-order valence-corrected chi connectivity index (χ3v) is 3.91. The normalized spacial score (nSPS) is 11.8. The second-order valence-electron chi connectivity index (χ2n) is 6.01. The van der Waals surface area contributed by atoms with Gasteiger partial charge in [0, 0.05) is 13.2 Å². The van der Waals surface area contributed by atoms with E-state index in [2.05, 4.69) is 19.1 Å². The van der Waals surface area contributed by atoms with Crippen LogP contribution in [0.2, 0.25) is 0 Å². The summed E-state index contributed by atoms with van der Waals surface area (Å²) in [4.78, 5) is 0. The highest BCUT2D eigenvalue weighted by Crippen LogP contribution is 2.12. The Morgan fingerprint density at radius 3 is 1.68 bits per heavy atom. The van der Waals surface area contributed by atoms with Gasteiger partial charge in [0.05, 0.1) is 0 Å². The van der Waals surface area contributed by atoms with E-state index < -0.39 is 0 Å². The average Bonchev–Trinajstić information content (AvgIpc) is 2.52. The molecule has 0 spiro atoms. The Hall–Kier alpha value is -0.340. The summed E-state index contributed by atoms with van der Waals surface area (Å²) in [6.07, 6.45) is 20.4. The molecule has 0 aromatic rings. The topological polar surface area (TPSA) is 18.5 Å². The summed E-state index contributed by atoms with van der Waals surface area (Å²) in [5.41, 5.74) is 0. The SMILES string of the molecule is CCCCCC/C=C/CCCCCCCC(OCC)OCC. The van der Waals surface area contributed by atoms with Crippen LogP contribution in [0.1, 0.15) is 97.8 Å². The zero-order valence-electron chi connectivity index (χ0n) is 15.4. The van der Waals surface area contributed by atoms with Crippen LogP contribution in [0.25, 0.3) is 0 Å². The van der Waals surface area contributed by atoms with Crippen molar-refractivity contribution in [2.24, 2.45) is 0 Å². The zero-order valence-corrected chi connectivity index (χ0v) is 15.4. The largest absolute Gasteiger partial charge is 0.353 e. The van der Waals surface area contributed by atoms with E-state index in [1.807, 2.05) is 13.8 Å². The van der Waals surface area contributed by atoms with E-state index in [4.69, 9.17) is 9.47 Å². The number of hydrogen-bond acceptors (Lipinski definition) is 2.